The van der Waals surface area contributed by atoms with E-state index >= 15 is 0 Å². The van der Waals surface area contributed by atoms with Crippen molar-refractivity contribution < 1.29 is 9.53 Å². The molecule has 1 atom stereocenters. The topological polar surface area (TPSA) is 26.3 Å². The lowest BCUT2D eigenvalue weighted by Crippen LogP contribution is -2.09. The van der Waals surface area contributed by atoms with Crippen LogP contribution >= 0.6 is 15.9 Å². The molecule has 2 nitrogen and oxygen atoms in total. The fourth-order valence-corrected chi connectivity index (χ4v) is 1.61. The van der Waals surface area contributed by atoms with Crippen LogP contribution in [0.15, 0.2) is 35.3 Å². The van der Waals surface area contributed by atoms with Crippen molar-refractivity contribution >= 4 is 21.7 Å². The predicted molar refractivity (Wildman–Crippen MR) is 64.4 cm³/mol. The van der Waals surface area contributed by atoms with Gasteiger partial charge in [-0.3, -0.25) is 4.79 Å². The molecule has 80 valence electrons. The number of benzene rings is 1. The standard InChI is InChI=1S/C12H13BrO2/c1-4-8(2)12(14)10-7-9(15-3)5-6-11(10)13/h4-8H,1H2,2-3H3/t8-/m1/s1. The van der Waals surface area contributed by atoms with Crippen molar-refractivity contribution in [1.82, 2.24) is 0 Å². The van der Waals surface area contributed by atoms with E-state index in [0.717, 1.165) is 4.47 Å². The number of Topliss-reactive ketones (excluding diaryl/α,β-unsaturated/α-hetero) is 1. The first-order chi connectivity index (χ1) is 7.10. The van der Waals surface area contributed by atoms with Crippen molar-refractivity contribution in [3.8, 4) is 5.75 Å². The molecule has 0 fully saturated rings. The Hall–Kier alpha value is -1.09. The van der Waals surface area contributed by atoms with Crippen LogP contribution in [0.3, 0.4) is 0 Å². The summed E-state index contributed by atoms with van der Waals surface area (Å²) in [4.78, 5) is 11.9. The lowest BCUT2D eigenvalue weighted by Gasteiger charge is -2.09. The number of carbonyl (C=O) groups is 1. The molecule has 0 bridgehead atoms. The molecule has 0 spiro atoms. The van der Waals surface area contributed by atoms with Crippen molar-refractivity contribution in [2.24, 2.45) is 5.92 Å². The number of rotatable bonds is 4. The predicted octanol–water partition coefficient (Wildman–Crippen LogP) is 3.46. The summed E-state index contributed by atoms with van der Waals surface area (Å²) < 4.78 is 5.85. The first kappa shape index (κ1) is 12.0. The third-order valence-corrected chi connectivity index (χ3v) is 2.90. The molecule has 0 aliphatic rings. The summed E-state index contributed by atoms with van der Waals surface area (Å²) in [7, 11) is 1.58. The minimum atomic E-state index is -0.187. The highest BCUT2D eigenvalue weighted by Gasteiger charge is 2.15. The number of halogens is 1. The molecule has 0 radical (unpaired) electrons. The molecule has 1 aromatic carbocycles. The number of hydrogen-bond donors (Lipinski definition) is 0. The van der Waals surface area contributed by atoms with Gasteiger partial charge < -0.3 is 4.74 Å². The third kappa shape index (κ3) is 2.69. The van der Waals surface area contributed by atoms with Crippen molar-refractivity contribution in [2.45, 2.75) is 6.92 Å². The SMILES string of the molecule is C=C[C@@H](C)C(=O)c1cc(OC)ccc1Br. The van der Waals surface area contributed by atoms with Crippen LogP contribution in [-0.4, -0.2) is 12.9 Å². The smallest absolute Gasteiger partial charge is 0.170 e. The molecule has 0 N–H and O–H groups in total. The van der Waals surface area contributed by atoms with Crippen LogP contribution in [-0.2, 0) is 0 Å². The molecule has 0 saturated carbocycles. The highest BCUT2D eigenvalue weighted by atomic mass is 79.9. The van der Waals surface area contributed by atoms with E-state index in [1.54, 1.807) is 25.3 Å². The van der Waals surface area contributed by atoms with Gasteiger partial charge in [0, 0.05) is 16.0 Å². The lowest BCUT2D eigenvalue weighted by molar-refractivity contribution is 0.0952. The highest BCUT2D eigenvalue weighted by molar-refractivity contribution is 9.10. The molecular weight excluding hydrogens is 256 g/mol. The van der Waals surface area contributed by atoms with Crippen LogP contribution in [0.2, 0.25) is 0 Å². The summed E-state index contributed by atoms with van der Waals surface area (Å²) in [6.45, 7) is 5.43. The summed E-state index contributed by atoms with van der Waals surface area (Å²) >= 11 is 3.35. The van der Waals surface area contributed by atoms with Gasteiger partial charge in [0.1, 0.15) is 5.75 Å². The molecule has 3 heteroatoms. The molecule has 0 heterocycles. The Kier molecular flexibility index (Phi) is 4.09. The maximum Gasteiger partial charge on any atom is 0.170 e. The number of allylic oxidation sites excluding steroid dienone is 1. The average Bonchev–Trinajstić information content (AvgIpc) is 2.27. The van der Waals surface area contributed by atoms with Crippen molar-refractivity contribution in [3.63, 3.8) is 0 Å². The Balaban J connectivity index is 3.12. The van der Waals surface area contributed by atoms with E-state index < -0.39 is 0 Å². The van der Waals surface area contributed by atoms with Gasteiger partial charge in [0.2, 0.25) is 0 Å². The molecule has 15 heavy (non-hydrogen) atoms. The normalized spacial score (nSPS) is 11.9. The molecule has 0 unspecified atom stereocenters. The van der Waals surface area contributed by atoms with Crippen LogP contribution in [0.5, 0.6) is 5.75 Å². The Morgan fingerprint density at radius 2 is 2.27 bits per heavy atom. The van der Waals surface area contributed by atoms with E-state index in [1.165, 1.54) is 0 Å². The maximum atomic E-state index is 11.9. The third-order valence-electron chi connectivity index (χ3n) is 2.21. The number of ether oxygens (including phenoxy) is 1. The van der Waals surface area contributed by atoms with Gasteiger partial charge in [0.15, 0.2) is 5.78 Å². The van der Waals surface area contributed by atoms with Gasteiger partial charge in [0.05, 0.1) is 7.11 Å². The Labute approximate surface area is 98.1 Å². The second kappa shape index (κ2) is 5.12. The Bertz CT molecular complexity index is 385. The monoisotopic (exact) mass is 268 g/mol. The van der Waals surface area contributed by atoms with E-state index in [2.05, 4.69) is 22.5 Å². The van der Waals surface area contributed by atoms with E-state index in [1.807, 2.05) is 13.0 Å². The molecule has 0 aromatic heterocycles. The molecule has 0 aliphatic heterocycles. The first-order valence-corrected chi connectivity index (χ1v) is 5.39. The van der Waals surface area contributed by atoms with Gasteiger partial charge in [-0.25, -0.2) is 0 Å². The lowest BCUT2D eigenvalue weighted by atomic mass is 9.99. The summed E-state index contributed by atoms with van der Waals surface area (Å²) in [6.07, 6.45) is 1.63. The van der Waals surface area contributed by atoms with Crippen molar-refractivity contribution in [3.05, 3.63) is 40.9 Å². The molecule has 0 aliphatic carbocycles. The zero-order valence-corrected chi connectivity index (χ0v) is 10.4. The number of hydrogen-bond acceptors (Lipinski definition) is 2. The minimum absolute atomic E-state index is 0.0378. The number of ketones is 1. The Morgan fingerprint density at radius 3 is 2.80 bits per heavy atom. The van der Waals surface area contributed by atoms with Crippen LogP contribution in [0.25, 0.3) is 0 Å². The van der Waals surface area contributed by atoms with Gasteiger partial charge >= 0.3 is 0 Å². The summed E-state index contributed by atoms with van der Waals surface area (Å²) in [5.74, 6) is 0.530. The van der Waals surface area contributed by atoms with E-state index in [-0.39, 0.29) is 11.7 Å². The Morgan fingerprint density at radius 1 is 1.60 bits per heavy atom. The van der Waals surface area contributed by atoms with E-state index in [0.29, 0.717) is 11.3 Å². The van der Waals surface area contributed by atoms with Gasteiger partial charge in [-0.2, -0.15) is 0 Å². The number of methoxy groups -OCH3 is 1. The fraction of sp³-hybridized carbons (Fsp3) is 0.250. The highest BCUT2D eigenvalue weighted by Crippen LogP contribution is 2.25. The average molecular weight is 269 g/mol. The summed E-state index contributed by atoms with van der Waals surface area (Å²) in [5, 5.41) is 0. The van der Waals surface area contributed by atoms with Crippen LogP contribution in [0.1, 0.15) is 17.3 Å². The summed E-state index contributed by atoms with van der Waals surface area (Å²) in [5.41, 5.74) is 0.627. The van der Waals surface area contributed by atoms with Crippen LogP contribution in [0.4, 0.5) is 0 Å². The van der Waals surface area contributed by atoms with Gasteiger partial charge in [-0.15, -0.1) is 6.58 Å². The molecule has 1 aromatic rings. The van der Waals surface area contributed by atoms with E-state index in [4.69, 9.17) is 4.74 Å². The van der Waals surface area contributed by atoms with Gasteiger partial charge in [-0.1, -0.05) is 28.9 Å². The van der Waals surface area contributed by atoms with Crippen LogP contribution < -0.4 is 4.74 Å². The second-order valence-electron chi connectivity index (χ2n) is 3.23. The fourth-order valence-electron chi connectivity index (χ4n) is 1.17. The maximum absolute atomic E-state index is 11.9. The summed E-state index contributed by atoms with van der Waals surface area (Å²) in [6, 6.07) is 5.34. The van der Waals surface area contributed by atoms with Gasteiger partial charge in [0.25, 0.3) is 0 Å². The zero-order valence-electron chi connectivity index (χ0n) is 8.79. The van der Waals surface area contributed by atoms with Crippen molar-refractivity contribution in [2.75, 3.05) is 7.11 Å². The largest absolute Gasteiger partial charge is 0.497 e. The number of carbonyl (C=O) groups excluding carboxylic acids is 1. The molecule has 0 amide bonds. The zero-order chi connectivity index (χ0) is 11.4. The molecule has 1 rings (SSSR count). The van der Waals surface area contributed by atoms with Gasteiger partial charge in [-0.05, 0) is 18.2 Å². The quantitative estimate of drug-likeness (QED) is 0.618. The minimum Gasteiger partial charge on any atom is -0.497 e. The second-order valence-corrected chi connectivity index (χ2v) is 4.09. The van der Waals surface area contributed by atoms with Crippen molar-refractivity contribution in [1.29, 1.82) is 0 Å². The molecule has 0 saturated heterocycles. The first-order valence-electron chi connectivity index (χ1n) is 4.60. The molecular formula is C12H13BrO2. The van der Waals surface area contributed by atoms with E-state index in [9.17, 15) is 4.79 Å². The van der Waals surface area contributed by atoms with Crippen LogP contribution in [0, 0.1) is 5.92 Å².